The maximum absolute atomic E-state index is 14.0. The second kappa shape index (κ2) is 9.26. The molecule has 0 spiro atoms. The Balaban J connectivity index is 1.41. The Morgan fingerprint density at radius 2 is 1.87 bits per heavy atom. The van der Waals surface area contributed by atoms with E-state index in [9.17, 15) is 18.4 Å². The molecule has 0 bridgehead atoms. The quantitative estimate of drug-likeness (QED) is 0.583. The van der Waals surface area contributed by atoms with Crippen molar-refractivity contribution in [1.82, 2.24) is 4.90 Å². The van der Waals surface area contributed by atoms with Crippen LogP contribution in [-0.4, -0.2) is 29.9 Å². The molecule has 0 radical (unpaired) electrons. The molecule has 1 fully saturated rings. The van der Waals surface area contributed by atoms with Crippen LogP contribution in [-0.2, 0) is 17.8 Å². The summed E-state index contributed by atoms with van der Waals surface area (Å²) < 4.78 is 27.5. The van der Waals surface area contributed by atoms with Crippen molar-refractivity contribution in [3.05, 3.63) is 82.1 Å². The molecule has 3 amide bonds. The smallest absolute Gasteiger partial charge is 0.324 e. The van der Waals surface area contributed by atoms with Gasteiger partial charge in [-0.1, -0.05) is 6.07 Å². The van der Waals surface area contributed by atoms with E-state index in [-0.39, 0.29) is 24.0 Å². The minimum atomic E-state index is -0.533. The first-order chi connectivity index (χ1) is 15.0. The Morgan fingerprint density at radius 3 is 2.61 bits per heavy atom. The number of carbonyl (C=O) groups excluding carboxylic acids is 2. The molecular formula is C23H21F2N3O2S. The van der Waals surface area contributed by atoms with Crippen LogP contribution in [0.5, 0.6) is 0 Å². The molecule has 0 aliphatic carbocycles. The van der Waals surface area contributed by atoms with Gasteiger partial charge in [-0.3, -0.25) is 9.69 Å². The summed E-state index contributed by atoms with van der Waals surface area (Å²) >= 11 is 1.53. The lowest BCUT2D eigenvalue weighted by molar-refractivity contribution is -0.115. The van der Waals surface area contributed by atoms with E-state index in [4.69, 9.17) is 0 Å². The van der Waals surface area contributed by atoms with Gasteiger partial charge in [0, 0.05) is 34.9 Å². The summed E-state index contributed by atoms with van der Waals surface area (Å²) in [5.41, 5.74) is 1.48. The average molecular weight is 442 g/mol. The van der Waals surface area contributed by atoms with Crippen LogP contribution in [0.4, 0.5) is 25.0 Å². The summed E-state index contributed by atoms with van der Waals surface area (Å²) in [5.74, 6) is -1.17. The molecule has 0 atom stereocenters. The first-order valence-corrected chi connectivity index (χ1v) is 10.8. The second-order valence-electron chi connectivity index (χ2n) is 7.30. The number of hydrogen-bond acceptors (Lipinski definition) is 3. The summed E-state index contributed by atoms with van der Waals surface area (Å²) in [5, 5.41) is 4.78. The number of nitrogens with zero attached hydrogens (tertiary/aromatic N) is 2. The van der Waals surface area contributed by atoms with Gasteiger partial charge in [0.15, 0.2) is 0 Å². The molecule has 1 aromatic heterocycles. The molecule has 4 rings (SSSR count). The molecule has 1 saturated heterocycles. The number of rotatable bonds is 6. The zero-order chi connectivity index (χ0) is 21.8. The first kappa shape index (κ1) is 21.0. The molecule has 2 aromatic carbocycles. The number of urea groups is 1. The topological polar surface area (TPSA) is 52.7 Å². The van der Waals surface area contributed by atoms with Gasteiger partial charge in [0.2, 0.25) is 5.91 Å². The van der Waals surface area contributed by atoms with Crippen molar-refractivity contribution in [2.45, 2.75) is 19.4 Å². The summed E-state index contributed by atoms with van der Waals surface area (Å²) in [6.07, 6.45) is 1.03. The number of halogens is 2. The third-order valence-corrected chi connectivity index (χ3v) is 5.93. The van der Waals surface area contributed by atoms with Crippen LogP contribution < -0.4 is 10.2 Å². The standard InChI is InChI=1S/C23H21F2N3O2S/c24-17-4-9-21(25)16(13-17)15-27-10-2-11-28(23(27)30)19-7-5-18(6-8-19)26-22(29)14-20-3-1-12-31-20/h1,3-9,12-13H,2,10-11,14-15H2,(H,26,29). The Morgan fingerprint density at radius 1 is 1.06 bits per heavy atom. The van der Waals surface area contributed by atoms with Gasteiger partial charge in [-0.25, -0.2) is 13.6 Å². The number of amides is 3. The highest BCUT2D eigenvalue weighted by atomic mass is 32.1. The van der Waals surface area contributed by atoms with Crippen molar-refractivity contribution >= 4 is 34.6 Å². The fourth-order valence-electron chi connectivity index (χ4n) is 3.54. The van der Waals surface area contributed by atoms with Crippen LogP contribution in [0.15, 0.2) is 60.0 Å². The fourth-order valence-corrected chi connectivity index (χ4v) is 4.24. The van der Waals surface area contributed by atoms with E-state index >= 15 is 0 Å². The van der Waals surface area contributed by atoms with Crippen LogP contribution >= 0.6 is 11.3 Å². The molecule has 5 nitrogen and oxygen atoms in total. The zero-order valence-corrected chi connectivity index (χ0v) is 17.5. The number of benzene rings is 2. The van der Waals surface area contributed by atoms with E-state index in [0.29, 0.717) is 37.3 Å². The second-order valence-corrected chi connectivity index (χ2v) is 8.33. The summed E-state index contributed by atoms with van der Waals surface area (Å²) in [6.45, 7) is 1.02. The highest BCUT2D eigenvalue weighted by molar-refractivity contribution is 7.10. The molecule has 2 heterocycles. The maximum Gasteiger partial charge on any atom is 0.324 e. The molecule has 0 unspecified atom stereocenters. The van der Waals surface area contributed by atoms with E-state index in [2.05, 4.69) is 5.32 Å². The van der Waals surface area contributed by atoms with E-state index in [1.807, 2.05) is 17.5 Å². The Bertz CT molecular complexity index is 1070. The zero-order valence-electron chi connectivity index (χ0n) is 16.7. The molecule has 3 aromatic rings. The van der Waals surface area contributed by atoms with E-state index in [1.54, 1.807) is 29.2 Å². The van der Waals surface area contributed by atoms with E-state index in [0.717, 1.165) is 23.1 Å². The highest BCUT2D eigenvalue weighted by Crippen LogP contribution is 2.24. The Labute approximate surface area is 182 Å². The van der Waals surface area contributed by atoms with Crippen molar-refractivity contribution in [3.63, 3.8) is 0 Å². The number of anilines is 2. The van der Waals surface area contributed by atoms with Crippen molar-refractivity contribution in [1.29, 1.82) is 0 Å². The van der Waals surface area contributed by atoms with Gasteiger partial charge in [-0.05, 0) is 60.3 Å². The number of hydrogen-bond donors (Lipinski definition) is 1. The minimum Gasteiger partial charge on any atom is -0.326 e. The lowest BCUT2D eigenvalue weighted by atomic mass is 10.1. The maximum atomic E-state index is 14.0. The number of thiophene rings is 1. The molecule has 160 valence electrons. The lowest BCUT2D eigenvalue weighted by Gasteiger charge is -2.35. The first-order valence-electron chi connectivity index (χ1n) is 9.92. The minimum absolute atomic E-state index is 0.00971. The van der Waals surface area contributed by atoms with Crippen molar-refractivity contribution in [2.75, 3.05) is 23.3 Å². The van der Waals surface area contributed by atoms with Gasteiger partial charge >= 0.3 is 6.03 Å². The normalized spacial score (nSPS) is 14.1. The van der Waals surface area contributed by atoms with Crippen LogP contribution in [0.1, 0.15) is 16.9 Å². The van der Waals surface area contributed by atoms with Gasteiger partial charge in [0.25, 0.3) is 0 Å². The van der Waals surface area contributed by atoms with Crippen molar-refractivity contribution in [3.8, 4) is 0 Å². The largest absolute Gasteiger partial charge is 0.326 e. The fraction of sp³-hybridized carbons (Fsp3) is 0.217. The number of nitrogens with one attached hydrogen (secondary N) is 1. The van der Waals surface area contributed by atoms with Crippen molar-refractivity contribution < 1.29 is 18.4 Å². The molecule has 1 aliphatic rings. The monoisotopic (exact) mass is 441 g/mol. The predicted molar refractivity (Wildman–Crippen MR) is 117 cm³/mol. The van der Waals surface area contributed by atoms with Crippen LogP contribution in [0.3, 0.4) is 0 Å². The van der Waals surface area contributed by atoms with Crippen LogP contribution in [0.25, 0.3) is 0 Å². The van der Waals surface area contributed by atoms with Crippen LogP contribution in [0.2, 0.25) is 0 Å². The van der Waals surface area contributed by atoms with Gasteiger partial charge in [-0.2, -0.15) is 0 Å². The third kappa shape index (κ3) is 5.08. The van der Waals surface area contributed by atoms with E-state index in [1.165, 1.54) is 16.2 Å². The summed E-state index contributed by atoms with van der Waals surface area (Å²) in [4.78, 5) is 29.2. The van der Waals surface area contributed by atoms with Gasteiger partial charge in [0.1, 0.15) is 11.6 Å². The van der Waals surface area contributed by atoms with Gasteiger partial charge in [-0.15, -0.1) is 11.3 Å². The highest BCUT2D eigenvalue weighted by Gasteiger charge is 2.27. The number of carbonyl (C=O) groups is 2. The van der Waals surface area contributed by atoms with E-state index < -0.39 is 11.6 Å². The molecule has 1 aliphatic heterocycles. The average Bonchev–Trinajstić information content (AvgIpc) is 3.26. The molecular weight excluding hydrogens is 420 g/mol. The predicted octanol–water partition coefficient (Wildman–Crippen LogP) is 5.04. The molecule has 8 heteroatoms. The summed E-state index contributed by atoms with van der Waals surface area (Å²) in [6, 6.07) is 13.8. The van der Waals surface area contributed by atoms with Crippen LogP contribution in [0, 0.1) is 11.6 Å². The SMILES string of the molecule is O=C(Cc1cccs1)Nc1ccc(N2CCCN(Cc3cc(F)ccc3F)C2=O)cc1. The lowest BCUT2D eigenvalue weighted by Crippen LogP contribution is -2.49. The molecule has 31 heavy (non-hydrogen) atoms. The van der Waals surface area contributed by atoms with Crippen molar-refractivity contribution in [2.24, 2.45) is 0 Å². The third-order valence-electron chi connectivity index (χ3n) is 5.06. The summed E-state index contributed by atoms with van der Waals surface area (Å²) in [7, 11) is 0. The van der Waals surface area contributed by atoms with Gasteiger partial charge < -0.3 is 10.2 Å². The Hall–Kier alpha value is -3.26. The molecule has 0 saturated carbocycles. The van der Waals surface area contributed by atoms with Gasteiger partial charge in [0.05, 0.1) is 13.0 Å². The molecule has 1 N–H and O–H groups in total. The Kier molecular flexibility index (Phi) is 6.27.